The molecule has 0 heterocycles. The maximum absolute atomic E-state index is 13.5. The summed E-state index contributed by atoms with van der Waals surface area (Å²) in [6, 6.07) is 10.9. The van der Waals surface area contributed by atoms with E-state index >= 15 is 0 Å². The van der Waals surface area contributed by atoms with Gasteiger partial charge in [0.1, 0.15) is 5.82 Å². The third-order valence-electron chi connectivity index (χ3n) is 2.60. The summed E-state index contributed by atoms with van der Waals surface area (Å²) in [7, 11) is 0. The fourth-order valence-corrected chi connectivity index (χ4v) is 1.78. The molecule has 2 aromatic rings. The molecule has 0 unspecified atom stereocenters. The van der Waals surface area contributed by atoms with Crippen LogP contribution in [0.1, 0.15) is 15.9 Å². The second-order valence-electron chi connectivity index (χ2n) is 4.04. The van der Waals surface area contributed by atoms with Crippen molar-refractivity contribution in [3.05, 3.63) is 64.4 Å². The van der Waals surface area contributed by atoms with Crippen LogP contribution >= 0.6 is 11.6 Å². The number of carbonyl (C=O) groups is 1. The fraction of sp³-hybridized carbons (Fsp3) is 0.0714. The van der Waals surface area contributed by atoms with Crippen LogP contribution in [0, 0.1) is 5.82 Å². The zero-order chi connectivity index (χ0) is 13.8. The Hall–Kier alpha value is -2.07. The van der Waals surface area contributed by atoms with Crippen molar-refractivity contribution in [1.29, 1.82) is 0 Å². The molecule has 98 valence electrons. The second kappa shape index (κ2) is 5.71. The van der Waals surface area contributed by atoms with E-state index in [1.807, 2.05) is 0 Å². The second-order valence-corrected chi connectivity index (χ2v) is 4.48. The highest BCUT2D eigenvalue weighted by molar-refractivity contribution is 6.30. The Morgan fingerprint density at radius 3 is 2.74 bits per heavy atom. The highest BCUT2D eigenvalue weighted by atomic mass is 35.5. The molecule has 0 saturated carbocycles. The molecule has 5 heteroatoms. The van der Waals surface area contributed by atoms with E-state index in [1.165, 1.54) is 12.1 Å². The summed E-state index contributed by atoms with van der Waals surface area (Å²) in [6.07, 6.45) is 0. The number of nitrogens with two attached hydrogens (primary N) is 1. The van der Waals surface area contributed by atoms with Crippen LogP contribution in [0.15, 0.2) is 42.5 Å². The van der Waals surface area contributed by atoms with Gasteiger partial charge in [-0.3, -0.25) is 4.79 Å². The highest BCUT2D eigenvalue weighted by Crippen LogP contribution is 2.14. The molecule has 0 aliphatic carbocycles. The number of hydrogen-bond donors (Lipinski definition) is 2. The molecular weight excluding hydrogens is 267 g/mol. The monoisotopic (exact) mass is 278 g/mol. The number of anilines is 1. The van der Waals surface area contributed by atoms with Gasteiger partial charge in [-0.25, -0.2) is 4.39 Å². The molecule has 3 nitrogen and oxygen atoms in total. The average molecular weight is 279 g/mol. The summed E-state index contributed by atoms with van der Waals surface area (Å²) in [6.45, 7) is 0.0939. The van der Waals surface area contributed by atoms with Gasteiger partial charge in [0, 0.05) is 28.4 Å². The molecule has 2 aromatic carbocycles. The van der Waals surface area contributed by atoms with Gasteiger partial charge in [-0.2, -0.15) is 0 Å². The van der Waals surface area contributed by atoms with Gasteiger partial charge in [0.2, 0.25) is 0 Å². The van der Waals surface area contributed by atoms with Gasteiger partial charge in [0.15, 0.2) is 0 Å². The topological polar surface area (TPSA) is 55.1 Å². The van der Waals surface area contributed by atoms with Crippen LogP contribution in [0.3, 0.4) is 0 Å². The summed E-state index contributed by atoms with van der Waals surface area (Å²) < 4.78 is 13.5. The predicted octanol–water partition coefficient (Wildman–Crippen LogP) is 2.99. The zero-order valence-corrected chi connectivity index (χ0v) is 10.7. The van der Waals surface area contributed by atoms with Gasteiger partial charge >= 0.3 is 0 Å². The third kappa shape index (κ3) is 3.45. The number of rotatable bonds is 3. The van der Waals surface area contributed by atoms with Gasteiger partial charge in [-0.05, 0) is 30.3 Å². The molecule has 0 aromatic heterocycles. The molecular formula is C14H12ClFN2O. The highest BCUT2D eigenvalue weighted by Gasteiger charge is 2.07. The van der Waals surface area contributed by atoms with Crippen LogP contribution in [0.4, 0.5) is 10.1 Å². The molecule has 0 aliphatic heterocycles. The number of halogens is 2. The van der Waals surface area contributed by atoms with Gasteiger partial charge in [0.25, 0.3) is 5.91 Å². The van der Waals surface area contributed by atoms with E-state index in [-0.39, 0.29) is 12.5 Å². The lowest BCUT2D eigenvalue weighted by molar-refractivity contribution is 0.0950. The minimum Gasteiger partial charge on any atom is -0.399 e. The number of amides is 1. The first kappa shape index (κ1) is 13.4. The zero-order valence-electron chi connectivity index (χ0n) is 9.99. The van der Waals surface area contributed by atoms with Crippen molar-refractivity contribution < 1.29 is 9.18 Å². The van der Waals surface area contributed by atoms with Crippen molar-refractivity contribution in [3.8, 4) is 0 Å². The molecule has 3 N–H and O–H groups in total. The number of hydrogen-bond acceptors (Lipinski definition) is 2. The largest absolute Gasteiger partial charge is 0.399 e. The third-order valence-corrected chi connectivity index (χ3v) is 2.84. The molecule has 0 atom stereocenters. The van der Waals surface area contributed by atoms with Crippen molar-refractivity contribution in [3.63, 3.8) is 0 Å². The SMILES string of the molecule is Nc1cccc(C(=O)NCc2ccc(Cl)cc2F)c1. The first-order chi connectivity index (χ1) is 9.06. The van der Waals surface area contributed by atoms with Crippen LogP contribution < -0.4 is 11.1 Å². The number of carbonyl (C=O) groups excluding carboxylic acids is 1. The molecule has 0 spiro atoms. The Morgan fingerprint density at radius 1 is 1.26 bits per heavy atom. The first-order valence-corrected chi connectivity index (χ1v) is 6.02. The van der Waals surface area contributed by atoms with E-state index in [0.29, 0.717) is 21.8 Å². The van der Waals surface area contributed by atoms with Crippen LogP contribution in [0.5, 0.6) is 0 Å². The Labute approximate surface area is 115 Å². The van der Waals surface area contributed by atoms with Gasteiger partial charge in [-0.15, -0.1) is 0 Å². The van der Waals surface area contributed by atoms with Crippen LogP contribution in [0.2, 0.25) is 5.02 Å². The van der Waals surface area contributed by atoms with Gasteiger partial charge in [-0.1, -0.05) is 23.7 Å². The summed E-state index contributed by atoms with van der Waals surface area (Å²) in [4.78, 5) is 11.8. The smallest absolute Gasteiger partial charge is 0.251 e. The Kier molecular flexibility index (Phi) is 4.02. The summed E-state index contributed by atoms with van der Waals surface area (Å²) in [5.74, 6) is -0.748. The van der Waals surface area contributed by atoms with Crippen molar-refractivity contribution in [2.45, 2.75) is 6.54 Å². The average Bonchev–Trinajstić information content (AvgIpc) is 2.37. The molecule has 19 heavy (non-hydrogen) atoms. The van der Waals surface area contributed by atoms with E-state index in [4.69, 9.17) is 17.3 Å². The van der Waals surface area contributed by atoms with E-state index in [9.17, 15) is 9.18 Å². The van der Waals surface area contributed by atoms with E-state index in [1.54, 1.807) is 30.3 Å². The molecule has 0 aliphatic rings. The fourth-order valence-electron chi connectivity index (χ4n) is 1.62. The van der Waals surface area contributed by atoms with Crippen LogP contribution in [-0.4, -0.2) is 5.91 Å². The van der Waals surface area contributed by atoms with E-state index in [0.717, 1.165) is 0 Å². The molecule has 1 amide bonds. The van der Waals surface area contributed by atoms with Crippen molar-refractivity contribution in [1.82, 2.24) is 5.32 Å². The lowest BCUT2D eigenvalue weighted by Gasteiger charge is -2.07. The molecule has 2 rings (SSSR count). The summed E-state index contributed by atoms with van der Waals surface area (Å²) >= 11 is 5.65. The maximum atomic E-state index is 13.5. The lowest BCUT2D eigenvalue weighted by Crippen LogP contribution is -2.23. The van der Waals surface area contributed by atoms with Crippen LogP contribution in [0.25, 0.3) is 0 Å². The quantitative estimate of drug-likeness (QED) is 0.848. The molecule has 0 bridgehead atoms. The summed E-state index contributed by atoms with van der Waals surface area (Å²) in [5.41, 5.74) is 6.91. The Morgan fingerprint density at radius 2 is 2.05 bits per heavy atom. The summed E-state index contributed by atoms with van der Waals surface area (Å²) in [5, 5.41) is 2.95. The van der Waals surface area contributed by atoms with Crippen LogP contribution in [-0.2, 0) is 6.54 Å². The lowest BCUT2D eigenvalue weighted by atomic mass is 10.1. The van der Waals surface area contributed by atoms with E-state index < -0.39 is 5.82 Å². The maximum Gasteiger partial charge on any atom is 0.251 e. The standard InChI is InChI=1S/C14H12ClFN2O/c15-11-5-4-10(13(16)7-11)8-18-14(19)9-2-1-3-12(17)6-9/h1-7H,8,17H2,(H,18,19). The van der Waals surface area contributed by atoms with Gasteiger partial charge in [0.05, 0.1) is 0 Å². The minimum atomic E-state index is -0.444. The van der Waals surface area contributed by atoms with Crippen molar-refractivity contribution in [2.75, 3.05) is 5.73 Å². The Bertz CT molecular complexity index is 616. The molecule has 0 fully saturated rings. The van der Waals surface area contributed by atoms with Crippen molar-refractivity contribution >= 4 is 23.2 Å². The van der Waals surface area contributed by atoms with Gasteiger partial charge < -0.3 is 11.1 Å². The minimum absolute atomic E-state index is 0.0939. The van der Waals surface area contributed by atoms with E-state index in [2.05, 4.69) is 5.32 Å². The number of nitrogens with one attached hydrogen (secondary N) is 1. The number of nitrogen functional groups attached to an aromatic ring is 1. The molecule has 0 radical (unpaired) electrons. The Balaban J connectivity index is 2.04. The first-order valence-electron chi connectivity index (χ1n) is 5.64. The number of benzene rings is 2. The predicted molar refractivity (Wildman–Crippen MR) is 73.4 cm³/mol. The molecule has 0 saturated heterocycles. The normalized spacial score (nSPS) is 10.2. The van der Waals surface area contributed by atoms with Crippen molar-refractivity contribution in [2.24, 2.45) is 0 Å².